The molecule has 0 radical (unpaired) electrons. The second-order valence-corrected chi connectivity index (χ2v) is 5.87. The highest BCUT2D eigenvalue weighted by atomic mass is 35.5. The normalized spacial score (nSPS) is 27.0. The number of nitrogens with one attached hydrogen (secondary N) is 1. The average Bonchev–Trinajstić information content (AvgIpc) is 2.51. The number of rotatable bonds is 3. The molecule has 2 rings (SSSR count). The molecule has 138 valence electrons. The van der Waals surface area contributed by atoms with Gasteiger partial charge in [-0.25, -0.2) is 4.79 Å². The predicted molar refractivity (Wildman–Crippen MR) is 81.6 cm³/mol. The fraction of sp³-hybridized carbons (Fsp3) is 0.467. The molecule has 1 heterocycles. The highest BCUT2D eigenvalue weighted by molar-refractivity contribution is 6.31. The Morgan fingerprint density at radius 3 is 2.56 bits per heavy atom. The first-order valence-electron chi connectivity index (χ1n) is 7.30. The van der Waals surface area contributed by atoms with Gasteiger partial charge in [-0.1, -0.05) is 29.8 Å². The fourth-order valence-corrected chi connectivity index (χ4v) is 3.05. The summed E-state index contributed by atoms with van der Waals surface area (Å²) in [4.78, 5) is 24.4. The Balaban J connectivity index is 2.67. The van der Waals surface area contributed by atoms with E-state index in [1.165, 1.54) is 31.2 Å². The summed E-state index contributed by atoms with van der Waals surface area (Å²) in [6.45, 7) is 1.22. The molecule has 1 fully saturated rings. The SMILES string of the molecule is CCOC(=O)[C@H]1[C@H](c2ccccc2Cl)NC(=O)N(C)[C@]1(O)C(F)(F)F. The number of halogens is 4. The monoisotopic (exact) mass is 380 g/mol. The lowest BCUT2D eigenvalue weighted by Crippen LogP contribution is -2.73. The van der Waals surface area contributed by atoms with E-state index in [4.69, 9.17) is 16.3 Å². The van der Waals surface area contributed by atoms with E-state index < -0.39 is 35.9 Å². The Morgan fingerprint density at radius 1 is 1.44 bits per heavy atom. The molecule has 2 amide bonds. The number of hydrogen-bond donors (Lipinski definition) is 2. The van der Waals surface area contributed by atoms with Gasteiger partial charge in [-0.3, -0.25) is 9.69 Å². The van der Waals surface area contributed by atoms with Crippen LogP contribution in [0.15, 0.2) is 24.3 Å². The van der Waals surface area contributed by atoms with Crippen LogP contribution in [0.4, 0.5) is 18.0 Å². The smallest absolute Gasteiger partial charge is 0.437 e. The van der Waals surface area contributed by atoms with Crippen LogP contribution in [0.5, 0.6) is 0 Å². The Morgan fingerprint density at radius 2 is 2.04 bits per heavy atom. The van der Waals surface area contributed by atoms with Gasteiger partial charge in [0.05, 0.1) is 12.6 Å². The Bertz CT molecular complexity index is 685. The van der Waals surface area contributed by atoms with Crippen LogP contribution in [-0.2, 0) is 9.53 Å². The molecule has 0 aromatic heterocycles. The van der Waals surface area contributed by atoms with Crippen LogP contribution in [0.1, 0.15) is 18.5 Å². The van der Waals surface area contributed by atoms with E-state index in [-0.39, 0.29) is 22.1 Å². The third kappa shape index (κ3) is 3.13. The number of esters is 1. The minimum Gasteiger partial charge on any atom is -0.466 e. The van der Waals surface area contributed by atoms with Gasteiger partial charge >= 0.3 is 18.2 Å². The van der Waals surface area contributed by atoms with Crippen LogP contribution in [0.25, 0.3) is 0 Å². The lowest BCUT2D eigenvalue weighted by atomic mass is 9.81. The van der Waals surface area contributed by atoms with Gasteiger partial charge < -0.3 is 15.2 Å². The third-order valence-electron chi connectivity index (χ3n) is 4.06. The molecule has 0 unspecified atom stereocenters. The molecular weight excluding hydrogens is 365 g/mol. The topological polar surface area (TPSA) is 78.9 Å². The standard InChI is InChI=1S/C15H16ClF3N2O4/c1-3-25-12(22)10-11(8-6-4-5-7-9(8)16)20-13(23)21(2)14(10,24)15(17,18)19/h4-7,10-11,24H,3H2,1-2H3,(H,20,23)/t10-,11+,14-/m1/s1. The van der Waals surface area contributed by atoms with Gasteiger partial charge in [0, 0.05) is 12.1 Å². The van der Waals surface area contributed by atoms with Crippen molar-refractivity contribution in [2.24, 2.45) is 5.92 Å². The van der Waals surface area contributed by atoms with Crippen molar-refractivity contribution < 1.29 is 32.6 Å². The van der Waals surface area contributed by atoms with Gasteiger partial charge in [0.25, 0.3) is 5.72 Å². The van der Waals surface area contributed by atoms with Crippen molar-refractivity contribution in [3.05, 3.63) is 34.9 Å². The molecule has 6 nitrogen and oxygen atoms in total. The van der Waals surface area contributed by atoms with Crippen LogP contribution in [0.2, 0.25) is 5.02 Å². The van der Waals surface area contributed by atoms with Gasteiger partial charge in [-0.15, -0.1) is 0 Å². The molecule has 1 aliphatic rings. The Kier molecular flexibility index (Phi) is 5.19. The van der Waals surface area contributed by atoms with Crippen molar-refractivity contribution in [2.45, 2.75) is 24.9 Å². The van der Waals surface area contributed by atoms with Crippen molar-refractivity contribution >= 4 is 23.6 Å². The largest absolute Gasteiger partial charge is 0.466 e. The molecule has 0 bridgehead atoms. The molecule has 0 aliphatic carbocycles. The van der Waals surface area contributed by atoms with Crippen LogP contribution in [-0.4, -0.2) is 47.6 Å². The summed E-state index contributed by atoms with van der Waals surface area (Å²) in [6, 6.07) is 3.06. The highest BCUT2D eigenvalue weighted by Crippen LogP contribution is 2.47. The van der Waals surface area contributed by atoms with Crippen molar-refractivity contribution in [3.8, 4) is 0 Å². The molecule has 0 spiro atoms. The lowest BCUT2D eigenvalue weighted by molar-refractivity contribution is -0.328. The number of urea groups is 1. The average molecular weight is 381 g/mol. The van der Waals surface area contributed by atoms with E-state index in [2.05, 4.69) is 5.32 Å². The Labute approximate surface area is 146 Å². The lowest BCUT2D eigenvalue weighted by Gasteiger charge is -2.49. The summed E-state index contributed by atoms with van der Waals surface area (Å²) in [7, 11) is 0.748. The van der Waals surface area contributed by atoms with Gasteiger partial charge in [-0.2, -0.15) is 13.2 Å². The van der Waals surface area contributed by atoms with E-state index in [9.17, 15) is 27.9 Å². The zero-order valence-corrected chi connectivity index (χ0v) is 14.1. The second kappa shape index (κ2) is 6.72. The molecule has 1 saturated heterocycles. The number of amides is 2. The van der Waals surface area contributed by atoms with Crippen molar-refractivity contribution in [3.63, 3.8) is 0 Å². The molecule has 10 heteroatoms. The number of ether oxygens (including phenoxy) is 1. The number of aliphatic hydroxyl groups is 1. The quantitative estimate of drug-likeness (QED) is 0.790. The molecule has 1 aliphatic heterocycles. The maximum absolute atomic E-state index is 13.7. The molecule has 1 aromatic rings. The molecule has 3 atom stereocenters. The van der Waals surface area contributed by atoms with E-state index in [0.29, 0.717) is 0 Å². The molecular formula is C15H16ClF3N2O4. The molecule has 25 heavy (non-hydrogen) atoms. The molecule has 0 saturated carbocycles. The maximum Gasteiger partial charge on any atom is 0.437 e. The first-order valence-corrected chi connectivity index (χ1v) is 7.68. The number of alkyl halides is 3. The first-order chi connectivity index (χ1) is 11.6. The van der Waals surface area contributed by atoms with E-state index >= 15 is 0 Å². The number of carbonyl (C=O) groups excluding carboxylic acids is 2. The zero-order valence-electron chi connectivity index (χ0n) is 13.3. The van der Waals surface area contributed by atoms with Crippen LogP contribution in [0.3, 0.4) is 0 Å². The predicted octanol–water partition coefficient (Wildman–Crippen LogP) is 2.47. The van der Waals surface area contributed by atoms with Gasteiger partial charge in [0.1, 0.15) is 5.92 Å². The molecule has 2 N–H and O–H groups in total. The first kappa shape index (κ1) is 19.3. The number of benzene rings is 1. The number of nitrogens with zero attached hydrogens (tertiary/aromatic N) is 1. The minimum absolute atomic E-state index is 0.0381. The number of carbonyl (C=O) groups is 2. The van der Waals surface area contributed by atoms with Crippen molar-refractivity contribution in [2.75, 3.05) is 13.7 Å². The summed E-state index contributed by atoms with van der Waals surface area (Å²) in [5.74, 6) is -3.48. The summed E-state index contributed by atoms with van der Waals surface area (Å²) in [5.41, 5.74) is -3.70. The van der Waals surface area contributed by atoms with Crippen LogP contribution >= 0.6 is 11.6 Å². The van der Waals surface area contributed by atoms with Crippen molar-refractivity contribution in [1.29, 1.82) is 0 Å². The van der Waals surface area contributed by atoms with Gasteiger partial charge in [0.15, 0.2) is 0 Å². The van der Waals surface area contributed by atoms with E-state index in [0.717, 1.165) is 7.05 Å². The summed E-state index contributed by atoms with van der Waals surface area (Å²) >= 11 is 6.02. The van der Waals surface area contributed by atoms with E-state index in [1.807, 2.05) is 0 Å². The Hall–Kier alpha value is -2.00. The number of hydrogen-bond acceptors (Lipinski definition) is 4. The van der Waals surface area contributed by atoms with Crippen LogP contribution < -0.4 is 5.32 Å². The molecule has 1 aromatic carbocycles. The third-order valence-corrected chi connectivity index (χ3v) is 4.40. The second-order valence-electron chi connectivity index (χ2n) is 5.46. The van der Waals surface area contributed by atoms with Gasteiger partial charge in [0.2, 0.25) is 0 Å². The fourth-order valence-electron chi connectivity index (χ4n) is 2.79. The van der Waals surface area contributed by atoms with E-state index in [1.54, 1.807) is 0 Å². The maximum atomic E-state index is 13.7. The minimum atomic E-state index is -5.31. The zero-order chi connectivity index (χ0) is 19.0. The summed E-state index contributed by atoms with van der Waals surface area (Å²) in [5, 5.41) is 12.7. The highest BCUT2D eigenvalue weighted by Gasteiger charge is 2.70. The summed E-state index contributed by atoms with van der Waals surface area (Å²) < 4.78 is 45.8. The van der Waals surface area contributed by atoms with Crippen LogP contribution in [0, 0.1) is 5.92 Å². The van der Waals surface area contributed by atoms with Gasteiger partial charge in [-0.05, 0) is 18.6 Å². The van der Waals surface area contributed by atoms with Crippen molar-refractivity contribution in [1.82, 2.24) is 10.2 Å². The summed E-state index contributed by atoms with van der Waals surface area (Å²) in [6.07, 6.45) is -5.31.